The summed E-state index contributed by atoms with van der Waals surface area (Å²) in [7, 11) is 1.31. The van der Waals surface area contributed by atoms with Crippen LogP contribution in [-0.2, 0) is 9.47 Å². The molecule has 0 aliphatic carbocycles. The minimum Gasteiger partial charge on any atom is -0.491 e. The molecule has 2 aliphatic heterocycles. The van der Waals surface area contributed by atoms with E-state index in [1.165, 1.54) is 19.4 Å². The van der Waals surface area contributed by atoms with Crippen LogP contribution in [0, 0.1) is 6.92 Å². The molecule has 1 unspecified atom stereocenters. The van der Waals surface area contributed by atoms with Crippen molar-refractivity contribution >= 4 is 17.8 Å². The number of hydrogen-bond donors (Lipinski definition) is 1. The smallest absolute Gasteiger partial charge is 0.356 e. The van der Waals surface area contributed by atoms with Crippen LogP contribution in [0.2, 0.25) is 0 Å². The monoisotopic (exact) mass is 498 g/mol. The average molecular weight is 499 g/mol. The Morgan fingerprint density at radius 1 is 1.25 bits per heavy atom. The first kappa shape index (κ1) is 25.8. The normalized spacial score (nSPS) is 19.4. The van der Waals surface area contributed by atoms with E-state index >= 15 is 0 Å². The maximum atomic E-state index is 13.2. The molecule has 10 nitrogen and oxygen atoms in total. The van der Waals surface area contributed by atoms with E-state index in [2.05, 4.69) is 9.97 Å². The Morgan fingerprint density at radius 3 is 2.64 bits per heavy atom. The fourth-order valence-corrected chi connectivity index (χ4v) is 4.80. The Balaban J connectivity index is 1.46. The summed E-state index contributed by atoms with van der Waals surface area (Å²) < 4.78 is 16.9. The minimum absolute atomic E-state index is 0.0236. The highest BCUT2D eigenvalue weighted by Crippen LogP contribution is 2.34. The van der Waals surface area contributed by atoms with Gasteiger partial charge >= 0.3 is 5.97 Å². The highest BCUT2D eigenvalue weighted by atomic mass is 16.5. The molecular weight excluding hydrogens is 464 g/mol. The second-order valence-electron chi connectivity index (χ2n) is 9.66. The number of amides is 1. The minimum atomic E-state index is -0.558. The maximum absolute atomic E-state index is 13.2. The van der Waals surface area contributed by atoms with Crippen molar-refractivity contribution in [3.05, 3.63) is 47.3 Å². The van der Waals surface area contributed by atoms with Gasteiger partial charge in [-0.05, 0) is 63.4 Å². The summed E-state index contributed by atoms with van der Waals surface area (Å²) in [5, 5.41) is 9.90. The third-order valence-electron chi connectivity index (χ3n) is 6.59. The van der Waals surface area contributed by atoms with E-state index in [0.29, 0.717) is 50.5 Å². The van der Waals surface area contributed by atoms with Crippen LogP contribution in [0.1, 0.15) is 53.1 Å². The quantitative estimate of drug-likeness (QED) is 0.599. The Bertz CT molecular complexity index is 1100. The first-order valence-electron chi connectivity index (χ1n) is 12.2. The second kappa shape index (κ2) is 10.8. The summed E-state index contributed by atoms with van der Waals surface area (Å²) in [6.45, 7) is 7.68. The summed E-state index contributed by atoms with van der Waals surface area (Å²) in [5.74, 6) is 0.607. The van der Waals surface area contributed by atoms with Gasteiger partial charge in [0, 0.05) is 31.4 Å². The van der Waals surface area contributed by atoms with Gasteiger partial charge in [-0.1, -0.05) is 0 Å². The van der Waals surface area contributed by atoms with Crippen molar-refractivity contribution < 1.29 is 28.9 Å². The van der Waals surface area contributed by atoms with Gasteiger partial charge in [0.15, 0.2) is 5.69 Å². The Labute approximate surface area is 211 Å². The number of anilines is 1. The lowest BCUT2D eigenvalue weighted by Crippen LogP contribution is -2.61. The number of aromatic nitrogens is 2. The van der Waals surface area contributed by atoms with Gasteiger partial charge in [0.2, 0.25) is 5.95 Å². The molecule has 2 saturated heterocycles. The number of aryl methyl sites for hydroxylation is 1. The molecule has 1 spiro atoms. The number of morpholine rings is 1. The van der Waals surface area contributed by atoms with Crippen LogP contribution in [0.5, 0.6) is 5.75 Å². The number of aliphatic hydroxyl groups is 1. The molecule has 0 bridgehead atoms. The van der Waals surface area contributed by atoms with Crippen LogP contribution in [0.4, 0.5) is 5.95 Å². The maximum Gasteiger partial charge on any atom is 0.356 e. The van der Waals surface area contributed by atoms with Gasteiger partial charge in [0.1, 0.15) is 5.75 Å². The lowest BCUT2D eigenvalue weighted by Gasteiger charge is -2.49. The van der Waals surface area contributed by atoms with E-state index in [0.717, 1.165) is 11.3 Å². The van der Waals surface area contributed by atoms with E-state index in [9.17, 15) is 14.7 Å². The van der Waals surface area contributed by atoms with Gasteiger partial charge in [-0.15, -0.1) is 0 Å². The largest absolute Gasteiger partial charge is 0.491 e. The fraction of sp³-hybridized carbons (Fsp3) is 0.538. The molecule has 0 radical (unpaired) electrons. The zero-order chi connectivity index (χ0) is 25.9. The highest BCUT2D eigenvalue weighted by Gasteiger charge is 2.44. The lowest BCUT2D eigenvalue weighted by atomic mass is 9.88. The number of benzene rings is 1. The van der Waals surface area contributed by atoms with Gasteiger partial charge < -0.3 is 29.1 Å². The second-order valence-corrected chi connectivity index (χ2v) is 9.66. The molecule has 2 fully saturated rings. The predicted molar refractivity (Wildman–Crippen MR) is 132 cm³/mol. The van der Waals surface area contributed by atoms with Crippen molar-refractivity contribution in [3.63, 3.8) is 0 Å². The van der Waals surface area contributed by atoms with E-state index < -0.39 is 17.7 Å². The summed E-state index contributed by atoms with van der Waals surface area (Å²) in [5.41, 5.74) is 1.17. The van der Waals surface area contributed by atoms with Gasteiger partial charge in [-0.3, -0.25) is 4.79 Å². The number of carbonyl (C=O) groups excluding carboxylic acids is 2. The van der Waals surface area contributed by atoms with Crippen LogP contribution >= 0.6 is 0 Å². The molecule has 1 N–H and O–H groups in total. The fourth-order valence-electron chi connectivity index (χ4n) is 4.80. The van der Waals surface area contributed by atoms with E-state index in [-0.39, 0.29) is 24.3 Å². The Morgan fingerprint density at radius 2 is 2.00 bits per heavy atom. The number of ether oxygens (including phenoxy) is 3. The van der Waals surface area contributed by atoms with E-state index in [1.807, 2.05) is 48.8 Å². The number of carbonyl (C=O) groups is 2. The number of aliphatic hydroxyl groups excluding tert-OH is 1. The van der Waals surface area contributed by atoms with Crippen LogP contribution < -0.4 is 9.64 Å². The third kappa shape index (κ3) is 5.60. The van der Waals surface area contributed by atoms with Crippen LogP contribution in [-0.4, -0.2) is 89.6 Å². The van der Waals surface area contributed by atoms with Crippen LogP contribution in [0.3, 0.4) is 0 Å². The lowest BCUT2D eigenvalue weighted by molar-refractivity contribution is -0.141. The van der Waals surface area contributed by atoms with Crippen LogP contribution in [0.15, 0.2) is 30.5 Å². The number of piperidine rings is 1. The van der Waals surface area contributed by atoms with Crippen molar-refractivity contribution in [3.8, 4) is 5.75 Å². The molecule has 0 saturated carbocycles. The molecular formula is C26H34N4O6. The van der Waals surface area contributed by atoms with Gasteiger partial charge in [0.05, 0.1) is 38.1 Å². The van der Waals surface area contributed by atoms with Gasteiger partial charge in [0.25, 0.3) is 5.91 Å². The molecule has 194 valence electrons. The zero-order valence-electron chi connectivity index (χ0n) is 21.3. The van der Waals surface area contributed by atoms with Crippen molar-refractivity contribution in [2.45, 2.75) is 51.4 Å². The Hall–Kier alpha value is -3.24. The molecule has 2 aromatic rings. The number of likely N-dealkylation sites (tertiary alicyclic amines) is 1. The van der Waals surface area contributed by atoms with Crippen molar-refractivity contribution in [2.75, 3.05) is 44.8 Å². The first-order valence-corrected chi connectivity index (χ1v) is 12.2. The SMILES string of the molecule is COC(=O)c1ccnc(N2CC(CO)OC3(CCN(C(=O)c4ccc(OC(C)C)c(C)c4)CC3)C2)n1. The van der Waals surface area contributed by atoms with Gasteiger partial charge in [-0.2, -0.15) is 0 Å². The zero-order valence-corrected chi connectivity index (χ0v) is 21.3. The average Bonchev–Trinajstić information content (AvgIpc) is 2.89. The standard InChI is InChI=1S/C26H34N4O6/c1-17(2)35-22-6-5-19(13-18(22)3)23(32)29-11-8-26(9-12-29)16-30(14-20(15-31)36-26)25-27-10-7-21(28-25)24(33)34-4/h5-7,10,13,17,20,31H,8-9,11-12,14-16H2,1-4H3. The Kier molecular flexibility index (Phi) is 7.75. The summed E-state index contributed by atoms with van der Waals surface area (Å²) in [6.07, 6.45) is 2.37. The number of nitrogens with zero attached hydrogens (tertiary/aromatic N) is 4. The molecule has 1 atom stereocenters. The van der Waals surface area contributed by atoms with Crippen LogP contribution in [0.25, 0.3) is 0 Å². The summed E-state index contributed by atoms with van der Waals surface area (Å²) in [6, 6.07) is 7.03. The number of hydrogen-bond acceptors (Lipinski definition) is 9. The molecule has 1 aromatic heterocycles. The molecule has 1 amide bonds. The van der Waals surface area contributed by atoms with Crippen molar-refractivity contribution in [2.24, 2.45) is 0 Å². The van der Waals surface area contributed by atoms with Crippen molar-refractivity contribution in [1.29, 1.82) is 0 Å². The molecule has 1 aromatic carbocycles. The summed E-state index contributed by atoms with van der Waals surface area (Å²) >= 11 is 0. The third-order valence-corrected chi connectivity index (χ3v) is 6.59. The molecule has 2 aliphatic rings. The summed E-state index contributed by atoms with van der Waals surface area (Å²) in [4.78, 5) is 37.6. The van der Waals surface area contributed by atoms with Crippen molar-refractivity contribution in [1.82, 2.24) is 14.9 Å². The molecule has 4 rings (SSSR count). The topological polar surface area (TPSA) is 114 Å². The molecule has 10 heteroatoms. The molecule has 3 heterocycles. The predicted octanol–water partition coefficient (Wildman–Crippen LogP) is 2.23. The number of esters is 1. The van der Waals surface area contributed by atoms with E-state index in [4.69, 9.17) is 14.2 Å². The first-order chi connectivity index (χ1) is 17.2. The number of methoxy groups -OCH3 is 1. The molecule has 36 heavy (non-hydrogen) atoms. The van der Waals surface area contributed by atoms with E-state index in [1.54, 1.807) is 0 Å². The van der Waals surface area contributed by atoms with Gasteiger partial charge in [-0.25, -0.2) is 14.8 Å². The number of rotatable bonds is 6. The highest BCUT2D eigenvalue weighted by molar-refractivity contribution is 5.94.